The third-order valence-electron chi connectivity index (χ3n) is 9.40. The van der Waals surface area contributed by atoms with Gasteiger partial charge in [-0.25, -0.2) is 0 Å². The van der Waals surface area contributed by atoms with E-state index in [2.05, 4.69) is 65.3 Å². The summed E-state index contributed by atoms with van der Waals surface area (Å²) in [6, 6.07) is 40.2. The topological polar surface area (TPSA) is 73.2 Å². The maximum Gasteiger partial charge on any atom is 0.305 e. The van der Waals surface area contributed by atoms with Crippen LogP contribution >= 0.6 is 0 Å². The van der Waals surface area contributed by atoms with E-state index in [4.69, 9.17) is 4.74 Å². The van der Waals surface area contributed by atoms with Gasteiger partial charge < -0.3 is 24.7 Å². The quantitative estimate of drug-likeness (QED) is 0.0644. The van der Waals surface area contributed by atoms with Gasteiger partial charge in [0.25, 0.3) is 0 Å². The molecule has 0 aliphatic carbocycles. The molecule has 49 heavy (non-hydrogen) atoms. The van der Waals surface area contributed by atoms with Gasteiger partial charge in [0.15, 0.2) is 0 Å². The summed E-state index contributed by atoms with van der Waals surface area (Å²) >= 11 is 0. The summed E-state index contributed by atoms with van der Waals surface area (Å²) in [5, 5.41) is 25.1. The van der Waals surface area contributed by atoms with Gasteiger partial charge in [-0.1, -0.05) is 131 Å². The van der Waals surface area contributed by atoms with E-state index < -0.39 is 12.2 Å². The van der Waals surface area contributed by atoms with Gasteiger partial charge in [-0.2, -0.15) is 0 Å². The van der Waals surface area contributed by atoms with E-state index >= 15 is 0 Å². The highest BCUT2D eigenvalue weighted by atomic mass is 16.5. The molecule has 0 aliphatic heterocycles. The minimum Gasteiger partial charge on any atom is -0.469 e. The summed E-state index contributed by atoms with van der Waals surface area (Å²) in [7, 11) is 1.43. The smallest absolute Gasteiger partial charge is 0.305 e. The molecule has 4 aromatic rings. The van der Waals surface area contributed by atoms with Gasteiger partial charge in [0.2, 0.25) is 0 Å². The molecule has 0 fully saturated rings. The largest absolute Gasteiger partial charge is 0.469 e. The predicted octanol–water partition coefficient (Wildman–Crippen LogP) is 10.00. The predicted molar refractivity (Wildman–Crippen MR) is 203 cm³/mol. The van der Waals surface area contributed by atoms with Gasteiger partial charge >= 0.3 is 5.97 Å². The van der Waals surface area contributed by atoms with Gasteiger partial charge in [-0.3, -0.25) is 4.79 Å². The van der Waals surface area contributed by atoms with Crippen molar-refractivity contribution in [2.45, 2.75) is 108 Å². The summed E-state index contributed by atoms with van der Waals surface area (Å²) < 4.78 is 4.80. The van der Waals surface area contributed by atoms with Crippen molar-refractivity contribution >= 4 is 28.7 Å². The van der Waals surface area contributed by atoms with Crippen molar-refractivity contribution in [3.05, 3.63) is 121 Å². The highest BCUT2D eigenvalue weighted by molar-refractivity contribution is 5.69. The Kier molecular flexibility index (Phi) is 16.2. The van der Waals surface area contributed by atoms with E-state index in [0.717, 1.165) is 87.0 Å². The van der Waals surface area contributed by atoms with Gasteiger partial charge in [0, 0.05) is 29.2 Å². The van der Waals surface area contributed by atoms with Crippen LogP contribution in [0.1, 0.15) is 84.0 Å². The fraction of sp³-hybridized carbons (Fsp3) is 0.419. The molecule has 0 spiro atoms. The van der Waals surface area contributed by atoms with Crippen LogP contribution in [0.4, 0.5) is 22.7 Å². The zero-order valence-electron chi connectivity index (χ0n) is 29.4. The van der Waals surface area contributed by atoms with Crippen LogP contribution in [-0.2, 0) is 9.53 Å². The number of nitrogens with zero attached hydrogens (tertiary/aromatic N) is 2. The normalized spacial score (nSPS) is 13.6. The maximum absolute atomic E-state index is 12.5. The average Bonchev–Trinajstić information content (AvgIpc) is 3.16. The average molecular weight is 665 g/mol. The summed E-state index contributed by atoms with van der Waals surface area (Å²) in [4.78, 5) is 16.0. The number of rotatable bonds is 22. The summed E-state index contributed by atoms with van der Waals surface area (Å²) in [5.41, 5.74) is 3.94. The number of unbranched alkanes of at least 4 members (excludes halogenated alkanes) is 7. The van der Waals surface area contributed by atoms with E-state index in [0.29, 0.717) is 12.8 Å². The number of aliphatic hydroxyl groups excluding tert-OH is 2. The van der Waals surface area contributed by atoms with Crippen molar-refractivity contribution in [1.29, 1.82) is 0 Å². The monoisotopic (exact) mass is 664 g/mol. The van der Waals surface area contributed by atoms with Crippen molar-refractivity contribution in [2.24, 2.45) is 0 Å². The Balaban J connectivity index is 1.69. The van der Waals surface area contributed by atoms with E-state index in [1.807, 2.05) is 72.8 Å². The van der Waals surface area contributed by atoms with E-state index in [9.17, 15) is 15.0 Å². The summed E-state index contributed by atoms with van der Waals surface area (Å²) in [6.07, 6.45) is 8.70. The van der Waals surface area contributed by atoms with Crippen LogP contribution in [0.5, 0.6) is 0 Å². The van der Waals surface area contributed by atoms with E-state index in [1.165, 1.54) is 7.11 Å². The molecule has 6 nitrogen and oxygen atoms in total. The van der Waals surface area contributed by atoms with Crippen LogP contribution in [0.15, 0.2) is 121 Å². The lowest BCUT2D eigenvalue weighted by Crippen LogP contribution is -2.54. The van der Waals surface area contributed by atoms with E-state index in [1.54, 1.807) is 0 Å². The molecule has 0 heterocycles. The van der Waals surface area contributed by atoms with Gasteiger partial charge in [-0.05, 0) is 67.8 Å². The van der Waals surface area contributed by atoms with Crippen LogP contribution in [0.25, 0.3) is 0 Å². The fourth-order valence-corrected chi connectivity index (χ4v) is 6.81. The molecule has 0 saturated carbocycles. The number of para-hydroxylation sites is 4. The second kappa shape index (κ2) is 21.1. The Morgan fingerprint density at radius 1 is 0.531 bits per heavy atom. The fourth-order valence-electron chi connectivity index (χ4n) is 6.81. The molecular weight excluding hydrogens is 608 g/mol. The van der Waals surface area contributed by atoms with Crippen LogP contribution < -0.4 is 9.80 Å². The molecule has 0 aliphatic rings. The molecule has 4 aromatic carbocycles. The van der Waals surface area contributed by atoms with Gasteiger partial charge in [0.05, 0.1) is 19.2 Å². The molecule has 0 bridgehead atoms. The van der Waals surface area contributed by atoms with Crippen LogP contribution in [0, 0.1) is 0 Å². The first-order chi connectivity index (χ1) is 24.0. The zero-order valence-corrected chi connectivity index (χ0v) is 29.4. The van der Waals surface area contributed by atoms with Crippen LogP contribution in [-0.4, -0.2) is 47.6 Å². The number of benzene rings is 4. The second-order valence-electron chi connectivity index (χ2n) is 12.9. The Morgan fingerprint density at radius 2 is 0.857 bits per heavy atom. The van der Waals surface area contributed by atoms with E-state index in [-0.39, 0.29) is 18.1 Å². The standard InChI is InChI=1S/C43H56N2O4/c1-3-4-5-21-32-39(44(35-24-13-9-14-25-35)36-26-15-10-16-27-36)42(47)43(48)40(33-22-7-6-8-23-34-41(46)49-2)45(37-28-17-11-18-29-37)38-30-19-12-20-31-38/h9-20,24-31,39-40,42-43,47-48H,3-8,21-23,32-34H2,1-2H3. The number of carbonyl (C=O) groups excluding carboxylic acids is 1. The number of anilines is 4. The number of aliphatic hydroxyl groups is 2. The first-order valence-corrected chi connectivity index (χ1v) is 18.3. The first-order valence-electron chi connectivity index (χ1n) is 18.3. The van der Waals surface area contributed by atoms with Crippen molar-refractivity contribution < 1.29 is 19.7 Å². The highest BCUT2D eigenvalue weighted by Crippen LogP contribution is 2.36. The van der Waals surface area contributed by atoms with Crippen molar-refractivity contribution in [3.8, 4) is 0 Å². The van der Waals surface area contributed by atoms with Crippen LogP contribution in [0.2, 0.25) is 0 Å². The summed E-state index contributed by atoms with van der Waals surface area (Å²) in [6.45, 7) is 2.21. The number of hydrogen-bond acceptors (Lipinski definition) is 6. The Bertz CT molecular complexity index is 1360. The third kappa shape index (κ3) is 11.5. The number of ether oxygens (including phenoxy) is 1. The minimum atomic E-state index is -1.05. The number of hydrogen-bond donors (Lipinski definition) is 2. The SMILES string of the molecule is CCCCCCC(C(O)C(O)C(CCCCCCCC(=O)OC)N(c1ccccc1)c1ccccc1)N(c1ccccc1)c1ccccc1. The van der Waals surface area contributed by atoms with Crippen molar-refractivity contribution in [1.82, 2.24) is 0 Å². The zero-order chi connectivity index (χ0) is 34.7. The van der Waals surface area contributed by atoms with Crippen molar-refractivity contribution in [2.75, 3.05) is 16.9 Å². The molecule has 0 radical (unpaired) electrons. The molecule has 0 saturated heterocycles. The van der Waals surface area contributed by atoms with Crippen LogP contribution in [0.3, 0.4) is 0 Å². The Labute approximate surface area is 294 Å². The molecule has 4 rings (SSSR count). The molecule has 2 N–H and O–H groups in total. The lowest BCUT2D eigenvalue weighted by molar-refractivity contribution is -0.140. The second-order valence-corrected chi connectivity index (χ2v) is 12.9. The summed E-state index contributed by atoms with van der Waals surface area (Å²) in [5.74, 6) is -0.164. The molecular formula is C43H56N2O4. The Hall–Kier alpha value is -4.13. The molecule has 4 unspecified atom stereocenters. The lowest BCUT2D eigenvalue weighted by atomic mass is 9.89. The Morgan fingerprint density at radius 3 is 1.20 bits per heavy atom. The highest BCUT2D eigenvalue weighted by Gasteiger charge is 2.39. The van der Waals surface area contributed by atoms with Crippen molar-refractivity contribution in [3.63, 3.8) is 0 Å². The molecule has 0 amide bonds. The van der Waals surface area contributed by atoms with Gasteiger partial charge in [-0.15, -0.1) is 0 Å². The minimum absolute atomic E-state index is 0.164. The first kappa shape index (κ1) is 37.7. The molecule has 262 valence electrons. The number of esters is 1. The number of carbonyl (C=O) groups is 1. The third-order valence-corrected chi connectivity index (χ3v) is 9.40. The number of methoxy groups -OCH3 is 1. The molecule has 4 atom stereocenters. The molecule has 6 heteroatoms. The molecule has 0 aromatic heterocycles. The maximum atomic E-state index is 12.5. The van der Waals surface area contributed by atoms with Gasteiger partial charge in [0.1, 0.15) is 12.2 Å². The lowest BCUT2D eigenvalue weighted by Gasteiger charge is -2.43.